The fourth-order valence-corrected chi connectivity index (χ4v) is 2.51. The predicted octanol–water partition coefficient (Wildman–Crippen LogP) is 4.39. The maximum atomic E-state index is 14.0. The molecule has 0 aliphatic heterocycles. The summed E-state index contributed by atoms with van der Waals surface area (Å²) >= 11 is 0. The van der Waals surface area contributed by atoms with Crippen LogP contribution in [0.4, 0.5) is 24.7 Å². The van der Waals surface area contributed by atoms with Crippen LogP contribution in [0.1, 0.15) is 19.4 Å². The number of rotatable bonds is 4. The first-order valence-electron chi connectivity index (χ1n) is 7.42. The van der Waals surface area contributed by atoms with Crippen LogP contribution in [0.15, 0.2) is 36.7 Å². The number of hydrogen-bond acceptors (Lipinski definition) is 3. The van der Waals surface area contributed by atoms with Gasteiger partial charge >= 0.3 is 0 Å². The Hall–Kier alpha value is -2.57. The molecule has 126 valence electrons. The molecule has 0 radical (unpaired) electrons. The Morgan fingerprint density at radius 2 is 1.96 bits per heavy atom. The van der Waals surface area contributed by atoms with E-state index in [4.69, 9.17) is 0 Å². The lowest BCUT2D eigenvalue weighted by Gasteiger charge is -2.25. The highest BCUT2D eigenvalue weighted by Gasteiger charge is 2.34. The highest BCUT2D eigenvalue weighted by Crippen LogP contribution is 2.34. The van der Waals surface area contributed by atoms with Crippen LogP contribution in [-0.2, 0) is 12.5 Å². The highest BCUT2D eigenvalue weighted by molar-refractivity contribution is 5.89. The Labute approximate surface area is 137 Å². The predicted molar refractivity (Wildman–Crippen MR) is 87.2 cm³/mol. The Bertz CT molecular complexity index is 887. The van der Waals surface area contributed by atoms with Gasteiger partial charge in [0.15, 0.2) is 5.82 Å². The Morgan fingerprint density at radius 1 is 1.21 bits per heavy atom. The number of alkyl halides is 2. The van der Waals surface area contributed by atoms with Gasteiger partial charge in [-0.05, 0) is 24.3 Å². The van der Waals surface area contributed by atoms with Crippen molar-refractivity contribution in [2.75, 3.05) is 5.32 Å². The molecule has 0 bridgehead atoms. The molecule has 24 heavy (non-hydrogen) atoms. The first kappa shape index (κ1) is 16.3. The second-order valence-corrected chi connectivity index (χ2v) is 6.24. The quantitative estimate of drug-likeness (QED) is 0.769. The van der Waals surface area contributed by atoms with Gasteiger partial charge in [-0.3, -0.25) is 4.68 Å². The lowest BCUT2D eigenvalue weighted by atomic mass is 9.84. The monoisotopic (exact) mass is 334 g/mol. The van der Waals surface area contributed by atoms with E-state index in [0.717, 1.165) is 5.39 Å². The molecule has 7 heteroatoms. The topological polar surface area (TPSA) is 42.7 Å². The van der Waals surface area contributed by atoms with Gasteiger partial charge in [-0.15, -0.1) is 0 Å². The van der Waals surface area contributed by atoms with Gasteiger partial charge in [-0.2, -0.15) is 5.10 Å². The summed E-state index contributed by atoms with van der Waals surface area (Å²) in [5.41, 5.74) is -0.507. The van der Waals surface area contributed by atoms with Gasteiger partial charge in [-0.25, -0.2) is 18.2 Å². The van der Waals surface area contributed by atoms with Crippen LogP contribution >= 0.6 is 0 Å². The van der Waals surface area contributed by atoms with Crippen LogP contribution in [0.2, 0.25) is 0 Å². The second kappa shape index (κ2) is 5.81. The molecule has 3 aromatic rings. The molecule has 0 saturated heterocycles. The maximum Gasteiger partial charge on any atom is 0.247 e. The molecule has 0 amide bonds. The first-order valence-corrected chi connectivity index (χ1v) is 7.42. The zero-order valence-corrected chi connectivity index (χ0v) is 13.5. The lowest BCUT2D eigenvalue weighted by Crippen LogP contribution is -2.28. The molecule has 0 spiro atoms. The van der Waals surface area contributed by atoms with Crippen LogP contribution in [0.25, 0.3) is 10.9 Å². The molecule has 3 rings (SSSR count). The number of aryl methyl sites for hydroxylation is 1. The molecule has 0 atom stereocenters. The molecule has 0 aliphatic carbocycles. The van der Waals surface area contributed by atoms with Crippen molar-refractivity contribution in [3.63, 3.8) is 0 Å². The number of nitrogens with one attached hydrogen (secondary N) is 1. The third-order valence-electron chi connectivity index (χ3n) is 4.01. The van der Waals surface area contributed by atoms with E-state index in [1.807, 2.05) is 12.3 Å². The van der Waals surface area contributed by atoms with Gasteiger partial charge < -0.3 is 5.32 Å². The molecule has 0 saturated carbocycles. The minimum absolute atomic E-state index is 0.0457. The van der Waals surface area contributed by atoms with Crippen molar-refractivity contribution in [1.82, 2.24) is 14.8 Å². The fourth-order valence-electron chi connectivity index (χ4n) is 2.51. The number of anilines is 2. The second-order valence-electron chi connectivity index (χ2n) is 6.24. The molecule has 2 aromatic heterocycles. The molecule has 0 unspecified atom stereocenters. The van der Waals surface area contributed by atoms with Crippen molar-refractivity contribution < 1.29 is 13.2 Å². The number of nitrogens with zero attached hydrogens (tertiary/aromatic N) is 3. The summed E-state index contributed by atoms with van der Waals surface area (Å²) in [5.74, 6) is -0.171. The third kappa shape index (κ3) is 2.81. The normalized spacial score (nSPS) is 12.1. The van der Waals surface area contributed by atoms with Crippen molar-refractivity contribution in [2.45, 2.75) is 25.7 Å². The largest absolute Gasteiger partial charge is 0.338 e. The summed E-state index contributed by atoms with van der Waals surface area (Å²) in [6, 6.07) is 5.89. The van der Waals surface area contributed by atoms with Crippen molar-refractivity contribution in [1.29, 1.82) is 0 Å². The fraction of sp³-hybridized carbons (Fsp3) is 0.294. The molecule has 0 fully saturated rings. The van der Waals surface area contributed by atoms with E-state index in [0.29, 0.717) is 17.0 Å². The third-order valence-corrected chi connectivity index (χ3v) is 4.01. The zero-order chi connectivity index (χ0) is 17.5. The minimum atomic E-state index is -2.68. The van der Waals surface area contributed by atoms with Gasteiger partial charge in [0.2, 0.25) is 6.43 Å². The first-order chi connectivity index (χ1) is 11.3. The summed E-state index contributed by atoms with van der Waals surface area (Å²) in [6.45, 7) is 2.63. The minimum Gasteiger partial charge on any atom is -0.338 e. The summed E-state index contributed by atoms with van der Waals surface area (Å²) in [6.07, 6.45) is 0.789. The van der Waals surface area contributed by atoms with E-state index in [2.05, 4.69) is 15.4 Å². The SMILES string of the molecule is Cn1cc2ccnc(Nc3ccc(F)c(C(C)(C)C(F)F)c3)c2n1. The van der Waals surface area contributed by atoms with Gasteiger partial charge in [0.05, 0.1) is 5.41 Å². The molecule has 1 N–H and O–H groups in total. The van der Waals surface area contributed by atoms with Crippen LogP contribution in [-0.4, -0.2) is 21.2 Å². The van der Waals surface area contributed by atoms with Crippen LogP contribution < -0.4 is 5.32 Å². The Balaban J connectivity index is 2.01. The Kier molecular flexibility index (Phi) is 3.95. The van der Waals surface area contributed by atoms with E-state index in [9.17, 15) is 13.2 Å². The molecule has 2 heterocycles. The van der Waals surface area contributed by atoms with Crippen LogP contribution in [0.3, 0.4) is 0 Å². The van der Waals surface area contributed by atoms with E-state index in [1.54, 1.807) is 17.9 Å². The number of halogens is 3. The Morgan fingerprint density at radius 3 is 2.67 bits per heavy atom. The lowest BCUT2D eigenvalue weighted by molar-refractivity contribution is 0.0674. The summed E-state index contributed by atoms with van der Waals surface area (Å²) in [7, 11) is 1.80. The molecule has 1 aromatic carbocycles. The number of pyridine rings is 1. The average molecular weight is 334 g/mol. The summed E-state index contributed by atoms with van der Waals surface area (Å²) in [4.78, 5) is 4.24. The van der Waals surface area contributed by atoms with Gasteiger partial charge in [0.25, 0.3) is 0 Å². The zero-order valence-electron chi connectivity index (χ0n) is 13.5. The van der Waals surface area contributed by atoms with Gasteiger partial charge in [0, 0.05) is 36.1 Å². The molecule has 0 aliphatic rings. The van der Waals surface area contributed by atoms with Crippen molar-refractivity contribution >= 4 is 22.4 Å². The van der Waals surface area contributed by atoms with Gasteiger partial charge in [0.1, 0.15) is 11.3 Å². The standard InChI is InChI=1S/C17H17F3N4/c1-17(2,16(19)20)12-8-11(4-5-13(12)18)22-15-14-10(6-7-21-15)9-24(3)23-14/h4-9,16H,1-3H3,(H,21,22). The van der Waals surface area contributed by atoms with E-state index < -0.39 is 17.7 Å². The summed E-state index contributed by atoms with van der Waals surface area (Å²) in [5, 5.41) is 8.26. The molecular formula is C17H17F3N4. The van der Waals surface area contributed by atoms with E-state index >= 15 is 0 Å². The number of aromatic nitrogens is 3. The number of hydrogen-bond donors (Lipinski definition) is 1. The molecule has 4 nitrogen and oxygen atoms in total. The van der Waals surface area contributed by atoms with Crippen LogP contribution in [0.5, 0.6) is 0 Å². The number of benzene rings is 1. The number of fused-ring (bicyclic) bond motifs is 1. The van der Waals surface area contributed by atoms with E-state index in [1.165, 1.54) is 32.0 Å². The smallest absolute Gasteiger partial charge is 0.247 e. The van der Waals surface area contributed by atoms with E-state index in [-0.39, 0.29) is 5.56 Å². The van der Waals surface area contributed by atoms with Crippen molar-refractivity contribution in [3.8, 4) is 0 Å². The van der Waals surface area contributed by atoms with Crippen molar-refractivity contribution in [3.05, 3.63) is 48.0 Å². The molecular weight excluding hydrogens is 317 g/mol. The van der Waals surface area contributed by atoms with Crippen molar-refractivity contribution in [2.24, 2.45) is 7.05 Å². The highest BCUT2D eigenvalue weighted by atomic mass is 19.3. The van der Waals surface area contributed by atoms with Crippen LogP contribution in [0, 0.1) is 5.82 Å². The average Bonchev–Trinajstić information content (AvgIpc) is 2.90. The maximum absolute atomic E-state index is 14.0. The summed E-state index contributed by atoms with van der Waals surface area (Å²) < 4.78 is 42.2. The van der Waals surface area contributed by atoms with Gasteiger partial charge in [-0.1, -0.05) is 13.8 Å².